The highest BCUT2D eigenvalue weighted by atomic mass is 32.2. The number of aromatic nitrogens is 2. The van der Waals surface area contributed by atoms with E-state index in [2.05, 4.69) is 10.2 Å². The maximum absolute atomic E-state index is 12.6. The molecule has 0 N–H and O–H groups in total. The van der Waals surface area contributed by atoms with Crippen molar-refractivity contribution in [2.75, 3.05) is 26.5 Å². The summed E-state index contributed by atoms with van der Waals surface area (Å²) in [6.07, 6.45) is 2.77. The number of ether oxygens (including phenoxy) is 2. The van der Waals surface area contributed by atoms with Crippen molar-refractivity contribution in [3.63, 3.8) is 0 Å². The molecule has 28 heavy (non-hydrogen) atoms. The SMILES string of the molecule is COc1ccc(OC)c(-c2nnc(S(=O)(=O)CC(=O)N3CCCCC3C)o2)c1. The molecule has 2 aromatic rings. The third kappa shape index (κ3) is 4.11. The predicted octanol–water partition coefficient (Wildman–Crippen LogP) is 1.93. The van der Waals surface area contributed by atoms with Gasteiger partial charge in [0, 0.05) is 12.6 Å². The van der Waals surface area contributed by atoms with Gasteiger partial charge in [-0.1, -0.05) is 5.10 Å². The second kappa shape index (κ2) is 8.17. The summed E-state index contributed by atoms with van der Waals surface area (Å²) in [6.45, 7) is 2.48. The molecule has 0 spiro atoms. The van der Waals surface area contributed by atoms with Crippen molar-refractivity contribution in [1.82, 2.24) is 15.1 Å². The van der Waals surface area contributed by atoms with Crippen LogP contribution in [0.5, 0.6) is 11.5 Å². The van der Waals surface area contributed by atoms with Gasteiger partial charge in [0.15, 0.2) is 0 Å². The summed E-state index contributed by atoms with van der Waals surface area (Å²) in [7, 11) is -1.09. The molecule has 1 fully saturated rings. The Labute approximate surface area is 163 Å². The topological polar surface area (TPSA) is 112 Å². The molecule has 1 aliphatic rings. The van der Waals surface area contributed by atoms with Gasteiger partial charge in [0.2, 0.25) is 15.7 Å². The number of piperidine rings is 1. The number of sulfone groups is 1. The molecule has 9 nitrogen and oxygen atoms in total. The molecular weight excluding hydrogens is 386 g/mol. The van der Waals surface area contributed by atoms with E-state index in [1.807, 2.05) is 6.92 Å². The number of rotatable bonds is 6. The van der Waals surface area contributed by atoms with Crippen molar-refractivity contribution in [1.29, 1.82) is 0 Å². The standard InChI is InChI=1S/C18H23N3O6S/c1-12-6-4-5-9-21(12)16(22)11-28(23,24)18-20-19-17(27-18)14-10-13(25-2)7-8-15(14)26-3/h7-8,10,12H,4-6,9,11H2,1-3H3. The van der Waals surface area contributed by atoms with Crippen LogP contribution in [0, 0.1) is 0 Å². The van der Waals surface area contributed by atoms with Gasteiger partial charge in [-0.2, -0.15) is 0 Å². The Morgan fingerprint density at radius 1 is 1.25 bits per heavy atom. The average Bonchev–Trinajstić information content (AvgIpc) is 3.18. The van der Waals surface area contributed by atoms with Crippen LogP contribution >= 0.6 is 0 Å². The Balaban J connectivity index is 1.84. The van der Waals surface area contributed by atoms with Crippen LogP contribution in [0.4, 0.5) is 0 Å². The van der Waals surface area contributed by atoms with Crippen LogP contribution in [0.2, 0.25) is 0 Å². The van der Waals surface area contributed by atoms with E-state index >= 15 is 0 Å². The molecule has 1 saturated heterocycles. The van der Waals surface area contributed by atoms with Crippen LogP contribution in [0.3, 0.4) is 0 Å². The number of hydrogen-bond donors (Lipinski definition) is 0. The molecule has 1 aromatic heterocycles. The number of benzene rings is 1. The normalized spacial score (nSPS) is 17.4. The Bertz CT molecular complexity index is 956. The van der Waals surface area contributed by atoms with Crippen molar-refractivity contribution in [2.45, 2.75) is 37.5 Å². The molecule has 1 aromatic carbocycles. The molecule has 0 bridgehead atoms. The van der Waals surface area contributed by atoms with Crippen molar-refractivity contribution in [2.24, 2.45) is 0 Å². The number of amides is 1. The van der Waals surface area contributed by atoms with Crippen molar-refractivity contribution >= 4 is 15.7 Å². The van der Waals surface area contributed by atoms with Gasteiger partial charge in [-0.15, -0.1) is 5.10 Å². The molecule has 1 unspecified atom stereocenters. The first kappa shape index (κ1) is 20.1. The van der Waals surface area contributed by atoms with E-state index in [9.17, 15) is 13.2 Å². The fraction of sp³-hybridized carbons (Fsp3) is 0.500. The summed E-state index contributed by atoms with van der Waals surface area (Å²) in [5, 5.41) is 6.86. The van der Waals surface area contributed by atoms with Crippen molar-refractivity contribution in [3.05, 3.63) is 18.2 Å². The summed E-state index contributed by atoms with van der Waals surface area (Å²) in [5.41, 5.74) is 0.395. The number of carbonyl (C=O) groups excluding carboxylic acids is 1. The summed E-state index contributed by atoms with van der Waals surface area (Å²) in [5.74, 6) is -0.243. The molecule has 10 heteroatoms. The van der Waals surface area contributed by atoms with Gasteiger partial charge in [0.25, 0.3) is 5.89 Å². The van der Waals surface area contributed by atoms with E-state index in [-0.39, 0.29) is 11.9 Å². The lowest BCUT2D eigenvalue weighted by atomic mass is 10.0. The van der Waals surface area contributed by atoms with E-state index in [0.717, 1.165) is 19.3 Å². The monoisotopic (exact) mass is 409 g/mol. The number of methoxy groups -OCH3 is 2. The molecule has 1 amide bonds. The maximum Gasteiger partial charge on any atom is 0.336 e. The second-order valence-corrected chi connectivity index (χ2v) is 8.50. The number of carbonyl (C=O) groups is 1. The lowest BCUT2D eigenvalue weighted by Gasteiger charge is -2.33. The zero-order valence-electron chi connectivity index (χ0n) is 16.0. The van der Waals surface area contributed by atoms with Crippen LogP contribution in [-0.2, 0) is 14.6 Å². The van der Waals surface area contributed by atoms with Gasteiger partial charge in [-0.3, -0.25) is 4.79 Å². The van der Waals surface area contributed by atoms with Crippen LogP contribution in [0.15, 0.2) is 27.8 Å². The largest absolute Gasteiger partial charge is 0.497 e. The fourth-order valence-electron chi connectivity index (χ4n) is 3.20. The first-order valence-electron chi connectivity index (χ1n) is 8.94. The first-order chi connectivity index (χ1) is 13.4. The van der Waals surface area contributed by atoms with E-state index in [1.54, 1.807) is 23.1 Å². The highest BCUT2D eigenvalue weighted by molar-refractivity contribution is 7.91. The van der Waals surface area contributed by atoms with Crippen LogP contribution in [-0.4, -0.2) is 62.0 Å². The summed E-state index contributed by atoms with van der Waals surface area (Å²) >= 11 is 0. The van der Waals surface area contributed by atoms with Crippen molar-refractivity contribution in [3.8, 4) is 23.0 Å². The van der Waals surface area contributed by atoms with Gasteiger partial charge < -0.3 is 18.8 Å². The smallest absolute Gasteiger partial charge is 0.336 e. The summed E-state index contributed by atoms with van der Waals surface area (Å²) in [6, 6.07) is 4.96. The van der Waals surface area contributed by atoms with E-state index in [1.165, 1.54) is 14.2 Å². The Kier molecular flexibility index (Phi) is 5.87. The van der Waals surface area contributed by atoms with Crippen molar-refractivity contribution < 1.29 is 27.1 Å². The van der Waals surface area contributed by atoms with Gasteiger partial charge >= 0.3 is 5.22 Å². The average molecular weight is 409 g/mol. The van der Waals surface area contributed by atoms with E-state index in [4.69, 9.17) is 13.9 Å². The zero-order chi connectivity index (χ0) is 20.3. The van der Waals surface area contributed by atoms with Crippen LogP contribution in [0.1, 0.15) is 26.2 Å². The van der Waals surface area contributed by atoms with Crippen LogP contribution < -0.4 is 9.47 Å². The minimum Gasteiger partial charge on any atom is -0.497 e. The highest BCUT2D eigenvalue weighted by Gasteiger charge is 2.31. The minimum absolute atomic E-state index is 0.0238. The fourth-order valence-corrected chi connectivity index (χ4v) is 4.19. The lowest BCUT2D eigenvalue weighted by Crippen LogP contribution is -2.44. The molecule has 0 radical (unpaired) electrons. The van der Waals surface area contributed by atoms with Gasteiger partial charge in [0.1, 0.15) is 17.3 Å². The summed E-state index contributed by atoms with van der Waals surface area (Å²) in [4.78, 5) is 14.1. The Morgan fingerprint density at radius 2 is 2.04 bits per heavy atom. The first-order valence-corrected chi connectivity index (χ1v) is 10.6. The molecule has 152 valence electrons. The lowest BCUT2D eigenvalue weighted by molar-refractivity contribution is -0.131. The molecule has 3 rings (SSSR count). The minimum atomic E-state index is -4.06. The molecule has 1 atom stereocenters. The third-order valence-corrected chi connectivity index (χ3v) is 6.07. The number of hydrogen-bond acceptors (Lipinski definition) is 8. The number of likely N-dealkylation sites (tertiary alicyclic amines) is 1. The van der Waals surface area contributed by atoms with Crippen LogP contribution in [0.25, 0.3) is 11.5 Å². The molecule has 0 aliphatic carbocycles. The molecular formula is C18H23N3O6S. The maximum atomic E-state index is 12.6. The van der Waals surface area contributed by atoms with E-state index < -0.39 is 26.7 Å². The zero-order valence-corrected chi connectivity index (χ0v) is 16.9. The summed E-state index contributed by atoms with van der Waals surface area (Å²) < 4.78 is 41.0. The predicted molar refractivity (Wildman–Crippen MR) is 99.9 cm³/mol. The van der Waals surface area contributed by atoms with E-state index in [0.29, 0.717) is 23.6 Å². The van der Waals surface area contributed by atoms with Gasteiger partial charge in [-0.05, 0) is 44.4 Å². The van der Waals surface area contributed by atoms with Gasteiger partial charge in [0.05, 0.1) is 19.8 Å². The Hall–Kier alpha value is -2.62. The Morgan fingerprint density at radius 3 is 2.71 bits per heavy atom. The quantitative estimate of drug-likeness (QED) is 0.711. The highest BCUT2D eigenvalue weighted by Crippen LogP contribution is 2.33. The second-order valence-electron chi connectivity index (χ2n) is 6.63. The van der Waals surface area contributed by atoms with Gasteiger partial charge in [-0.25, -0.2) is 8.42 Å². The molecule has 1 aliphatic heterocycles. The number of nitrogens with zero attached hydrogens (tertiary/aromatic N) is 3. The third-order valence-electron chi connectivity index (χ3n) is 4.75. The molecule has 2 heterocycles. The molecule has 0 saturated carbocycles.